The normalized spacial score (nSPS) is 28.2. The van der Waals surface area contributed by atoms with Gasteiger partial charge in [-0.1, -0.05) is 0 Å². The van der Waals surface area contributed by atoms with Crippen molar-refractivity contribution in [3.63, 3.8) is 0 Å². The molecule has 2 fully saturated rings. The van der Waals surface area contributed by atoms with E-state index in [2.05, 4.69) is 31.1 Å². The van der Waals surface area contributed by atoms with Gasteiger partial charge in [-0.15, -0.1) is 0 Å². The first kappa shape index (κ1) is 9.70. The lowest BCUT2D eigenvalue weighted by Crippen LogP contribution is -2.43. The molecule has 1 aliphatic carbocycles. The van der Waals surface area contributed by atoms with Gasteiger partial charge in [-0.3, -0.25) is 0 Å². The minimum absolute atomic E-state index is 0.756. The largest absolute Gasteiger partial charge is 0.382 e. The van der Waals surface area contributed by atoms with Crippen molar-refractivity contribution >= 4 is 21.8 Å². The predicted octanol–water partition coefficient (Wildman–Crippen LogP) is 2.06. The molecule has 82 valence electrons. The Morgan fingerprint density at radius 2 is 2.00 bits per heavy atom. The number of halogens is 1. The van der Waals surface area contributed by atoms with Crippen LogP contribution in [0.4, 0.5) is 0 Å². The maximum Gasteiger partial charge on any atom is 0.125 e. The van der Waals surface area contributed by atoms with Gasteiger partial charge in [0, 0.05) is 19.3 Å². The average molecular weight is 270 g/mol. The van der Waals surface area contributed by atoms with E-state index in [0.29, 0.717) is 0 Å². The number of hydrogen-bond acceptors (Lipinski definition) is 3. The first-order valence-electron chi connectivity index (χ1n) is 5.69. The molecule has 3 nitrogen and oxygen atoms in total. The van der Waals surface area contributed by atoms with Gasteiger partial charge in [0.15, 0.2) is 0 Å². The second-order valence-corrected chi connectivity index (χ2v) is 5.68. The number of aliphatic imine (C=N–C) groups is 1. The summed E-state index contributed by atoms with van der Waals surface area (Å²) < 4.78 is 0.912. The van der Waals surface area contributed by atoms with Crippen molar-refractivity contribution in [2.75, 3.05) is 19.6 Å². The molecule has 2 heterocycles. The Balaban J connectivity index is 1.66. The number of amidine groups is 1. The fraction of sp³-hybridized carbons (Fsp3) is 0.727. The first-order chi connectivity index (χ1) is 7.27. The van der Waals surface area contributed by atoms with Gasteiger partial charge in [-0.2, -0.15) is 0 Å². The van der Waals surface area contributed by atoms with Crippen LogP contribution >= 0.6 is 15.9 Å². The van der Waals surface area contributed by atoms with E-state index in [9.17, 15) is 0 Å². The fourth-order valence-corrected chi connectivity index (χ4v) is 2.89. The zero-order valence-corrected chi connectivity index (χ0v) is 10.4. The SMILES string of the molecule is BrC1=CNCC(N2CCC3(CC2)CC3)=N1. The molecule has 0 atom stereocenters. The Bertz CT molecular complexity index is 321. The van der Waals surface area contributed by atoms with Gasteiger partial charge >= 0.3 is 0 Å². The van der Waals surface area contributed by atoms with Gasteiger partial charge in [0.25, 0.3) is 0 Å². The lowest BCUT2D eigenvalue weighted by molar-refractivity contribution is 0.247. The lowest BCUT2D eigenvalue weighted by atomic mass is 9.93. The van der Waals surface area contributed by atoms with Gasteiger partial charge in [-0.25, -0.2) is 4.99 Å². The van der Waals surface area contributed by atoms with Crippen molar-refractivity contribution < 1.29 is 0 Å². The number of likely N-dealkylation sites (tertiary alicyclic amines) is 1. The van der Waals surface area contributed by atoms with Crippen molar-refractivity contribution in [3.05, 3.63) is 10.8 Å². The predicted molar refractivity (Wildman–Crippen MR) is 64.9 cm³/mol. The molecule has 0 bridgehead atoms. The van der Waals surface area contributed by atoms with Crippen LogP contribution in [-0.2, 0) is 0 Å². The molecule has 0 aromatic heterocycles. The third kappa shape index (κ3) is 1.92. The average Bonchev–Trinajstić information content (AvgIpc) is 2.99. The van der Waals surface area contributed by atoms with Crippen molar-refractivity contribution in [2.24, 2.45) is 10.4 Å². The molecule has 4 heteroatoms. The molecule has 1 N–H and O–H groups in total. The molecule has 0 radical (unpaired) electrons. The van der Waals surface area contributed by atoms with E-state index in [0.717, 1.165) is 16.6 Å². The van der Waals surface area contributed by atoms with Gasteiger partial charge < -0.3 is 10.2 Å². The van der Waals surface area contributed by atoms with Crippen LogP contribution in [0, 0.1) is 5.41 Å². The van der Waals surface area contributed by atoms with Gasteiger partial charge in [0.2, 0.25) is 0 Å². The Morgan fingerprint density at radius 3 is 2.60 bits per heavy atom. The second kappa shape index (κ2) is 3.51. The lowest BCUT2D eigenvalue weighted by Gasteiger charge is -2.35. The smallest absolute Gasteiger partial charge is 0.125 e. The molecule has 3 rings (SSSR count). The molecule has 2 aliphatic heterocycles. The highest BCUT2D eigenvalue weighted by Gasteiger charge is 2.44. The molecular formula is C11H16BrN3. The number of hydrogen-bond donors (Lipinski definition) is 1. The number of nitrogens with zero attached hydrogens (tertiary/aromatic N) is 2. The van der Waals surface area contributed by atoms with E-state index in [1.54, 1.807) is 0 Å². The molecule has 0 aromatic rings. The standard InChI is InChI=1S/C11H16BrN3/c12-9-7-13-8-10(14-9)15-5-3-11(1-2-11)4-6-15/h7,13H,1-6,8H2. The molecule has 1 saturated carbocycles. The van der Waals surface area contributed by atoms with Crippen LogP contribution in [0.3, 0.4) is 0 Å². The Hall–Kier alpha value is -0.510. The van der Waals surface area contributed by atoms with E-state index >= 15 is 0 Å². The van der Waals surface area contributed by atoms with E-state index in [1.165, 1.54) is 44.6 Å². The van der Waals surface area contributed by atoms with Crippen LogP contribution in [0.25, 0.3) is 0 Å². The van der Waals surface area contributed by atoms with E-state index in [1.807, 2.05) is 6.20 Å². The van der Waals surface area contributed by atoms with Crippen LogP contribution in [-0.4, -0.2) is 30.4 Å². The summed E-state index contributed by atoms with van der Waals surface area (Å²) in [6.45, 7) is 3.27. The van der Waals surface area contributed by atoms with Crippen LogP contribution in [0.1, 0.15) is 25.7 Å². The Labute approximate surface area is 98.8 Å². The summed E-state index contributed by atoms with van der Waals surface area (Å²) in [5.41, 5.74) is 0.756. The molecule has 0 aromatic carbocycles. The third-order valence-electron chi connectivity index (χ3n) is 3.86. The summed E-state index contributed by atoms with van der Waals surface area (Å²) in [5, 5.41) is 3.24. The summed E-state index contributed by atoms with van der Waals surface area (Å²) in [4.78, 5) is 6.97. The topological polar surface area (TPSA) is 27.6 Å². The maximum atomic E-state index is 4.53. The zero-order chi connectivity index (χ0) is 10.3. The van der Waals surface area contributed by atoms with Gasteiger partial charge in [0.1, 0.15) is 10.4 Å². The maximum absolute atomic E-state index is 4.53. The summed E-state index contributed by atoms with van der Waals surface area (Å²) >= 11 is 3.41. The van der Waals surface area contributed by atoms with E-state index in [-0.39, 0.29) is 0 Å². The minimum atomic E-state index is 0.756. The van der Waals surface area contributed by atoms with E-state index in [4.69, 9.17) is 0 Å². The molecule has 0 unspecified atom stereocenters. The highest BCUT2D eigenvalue weighted by Crippen LogP contribution is 2.53. The van der Waals surface area contributed by atoms with Crippen LogP contribution < -0.4 is 5.32 Å². The Kier molecular flexibility index (Phi) is 2.27. The first-order valence-corrected chi connectivity index (χ1v) is 6.48. The molecule has 0 amide bonds. The summed E-state index contributed by atoms with van der Waals surface area (Å²) in [6.07, 6.45) is 7.58. The summed E-state index contributed by atoms with van der Waals surface area (Å²) in [5.74, 6) is 1.19. The summed E-state index contributed by atoms with van der Waals surface area (Å²) in [6, 6.07) is 0. The summed E-state index contributed by atoms with van der Waals surface area (Å²) in [7, 11) is 0. The molecule has 15 heavy (non-hydrogen) atoms. The number of piperidine rings is 1. The zero-order valence-electron chi connectivity index (χ0n) is 8.80. The second-order valence-electron chi connectivity index (χ2n) is 4.86. The molecule has 3 aliphatic rings. The van der Waals surface area contributed by atoms with Gasteiger partial charge in [-0.05, 0) is 47.0 Å². The highest BCUT2D eigenvalue weighted by atomic mass is 79.9. The van der Waals surface area contributed by atoms with Crippen molar-refractivity contribution in [3.8, 4) is 0 Å². The van der Waals surface area contributed by atoms with Crippen molar-refractivity contribution in [1.29, 1.82) is 0 Å². The van der Waals surface area contributed by atoms with Crippen LogP contribution in [0.5, 0.6) is 0 Å². The van der Waals surface area contributed by atoms with E-state index < -0.39 is 0 Å². The molecule has 1 saturated heterocycles. The number of rotatable bonds is 0. The monoisotopic (exact) mass is 269 g/mol. The van der Waals surface area contributed by atoms with Crippen LogP contribution in [0.15, 0.2) is 15.8 Å². The van der Waals surface area contributed by atoms with Crippen molar-refractivity contribution in [2.45, 2.75) is 25.7 Å². The third-order valence-corrected chi connectivity index (χ3v) is 4.27. The van der Waals surface area contributed by atoms with Crippen LogP contribution in [0.2, 0.25) is 0 Å². The molecular weight excluding hydrogens is 254 g/mol. The molecule has 1 spiro atoms. The quantitative estimate of drug-likeness (QED) is 0.682. The highest BCUT2D eigenvalue weighted by molar-refractivity contribution is 9.11. The number of nitrogens with one attached hydrogen (secondary N) is 1. The fourth-order valence-electron chi connectivity index (χ4n) is 2.52. The van der Waals surface area contributed by atoms with Gasteiger partial charge in [0.05, 0.1) is 6.54 Å². The minimum Gasteiger partial charge on any atom is -0.382 e. The Morgan fingerprint density at radius 1 is 1.27 bits per heavy atom. The van der Waals surface area contributed by atoms with Crippen molar-refractivity contribution in [1.82, 2.24) is 10.2 Å².